The van der Waals surface area contributed by atoms with Crippen molar-refractivity contribution in [2.45, 2.75) is 20.4 Å². The number of hydrogen-bond donors (Lipinski definition) is 1. The lowest BCUT2D eigenvalue weighted by atomic mass is 10.1. The number of nitrogens with one attached hydrogen (secondary N) is 1. The average Bonchev–Trinajstić information content (AvgIpc) is 3.16. The maximum absolute atomic E-state index is 12.3. The number of carbonyl (C=O) groups is 1. The highest BCUT2D eigenvalue weighted by Crippen LogP contribution is 2.19. The molecule has 0 aliphatic heterocycles. The number of benzene rings is 1. The van der Waals surface area contributed by atoms with Crippen LogP contribution in [0.15, 0.2) is 24.3 Å². The van der Waals surface area contributed by atoms with Gasteiger partial charge >= 0.3 is 0 Å². The second-order valence-electron chi connectivity index (χ2n) is 4.48. The molecule has 0 saturated carbocycles. The van der Waals surface area contributed by atoms with Crippen LogP contribution in [0.3, 0.4) is 0 Å². The van der Waals surface area contributed by atoms with E-state index < -0.39 is 0 Å². The number of anilines is 1. The maximum Gasteiger partial charge on any atom is 0.257 e. The third kappa shape index (κ3) is 2.84. The van der Waals surface area contributed by atoms with Gasteiger partial charge in [-0.3, -0.25) is 10.1 Å². The number of carbonyl (C=O) groups excluding carboxylic acids is 1. The monoisotopic (exact) mass is 315 g/mol. The molecule has 0 atom stereocenters. The normalized spacial score (nSPS) is 10.6. The molecule has 112 valence electrons. The number of amides is 1. The molecular formula is C13H13N7OS. The van der Waals surface area contributed by atoms with E-state index in [0.717, 1.165) is 10.6 Å². The molecule has 0 fully saturated rings. The van der Waals surface area contributed by atoms with Crippen molar-refractivity contribution >= 4 is 22.4 Å². The molecule has 1 N–H and O–H groups in total. The molecule has 8 nitrogen and oxygen atoms in total. The van der Waals surface area contributed by atoms with Crippen molar-refractivity contribution in [1.29, 1.82) is 0 Å². The minimum atomic E-state index is -0.242. The largest absolute Gasteiger partial charge is 0.296 e. The Morgan fingerprint density at radius 1 is 1.32 bits per heavy atom. The van der Waals surface area contributed by atoms with Crippen molar-refractivity contribution < 1.29 is 4.79 Å². The van der Waals surface area contributed by atoms with Gasteiger partial charge in [0.05, 0.1) is 0 Å². The fourth-order valence-corrected chi connectivity index (χ4v) is 2.53. The molecule has 2 heterocycles. The van der Waals surface area contributed by atoms with Crippen molar-refractivity contribution in [3.8, 4) is 11.4 Å². The fraction of sp³-hybridized carbons (Fsp3) is 0.231. The molecule has 1 aromatic carbocycles. The van der Waals surface area contributed by atoms with Crippen LogP contribution in [0.4, 0.5) is 5.13 Å². The molecule has 0 aliphatic rings. The number of aromatic nitrogens is 6. The summed E-state index contributed by atoms with van der Waals surface area (Å²) in [6.45, 7) is 4.44. The van der Waals surface area contributed by atoms with Gasteiger partial charge in [0.1, 0.15) is 5.01 Å². The molecule has 9 heteroatoms. The summed E-state index contributed by atoms with van der Waals surface area (Å²) in [5.74, 6) is 0.387. The van der Waals surface area contributed by atoms with Crippen LogP contribution in [-0.2, 0) is 6.54 Å². The third-order valence-corrected chi connectivity index (χ3v) is 3.72. The van der Waals surface area contributed by atoms with Crippen LogP contribution < -0.4 is 5.32 Å². The van der Waals surface area contributed by atoms with Crippen LogP contribution in [-0.4, -0.2) is 36.3 Å². The van der Waals surface area contributed by atoms with E-state index in [-0.39, 0.29) is 5.91 Å². The maximum atomic E-state index is 12.3. The Balaban J connectivity index is 1.86. The van der Waals surface area contributed by atoms with E-state index in [4.69, 9.17) is 0 Å². The summed E-state index contributed by atoms with van der Waals surface area (Å²) in [6, 6.07) is 7.14. The smallest absolute Gasteiger partial charge is 0.257 e. The van der Waals surface area contributed by atoms with Gasteiger partial charge in [-0.25, -0.2) is 4.68 Å². The first-order chi connectivity index (χ1) is 10.7. The summed E-state index contributed by atoms with van der Waals surface area (Å²) in [5, 5.41) is 23.3. The van der Waals surface area contributed by atoms with Crippen LogP contribution >= 0.6 is 11.3 Å². The van der Waals surface area contributed by atoms with Crippen LogP contribution in [0.1, 0.15) is 22.3 Å². The van der Waals surface area contributed by atoms with E-state index in [1.54, 1.807) is 22.9 Å². The first-order valence-corrected chi connectivity index (χ1v) is 7.47. The summed E-state index contributed by atoms with van der Waals surface area (Å²) in [7, 11) is 0. The summed E-state index contributed by atoms with van der Waals surface area (Å²) >= 11 is 1.33. The van der Waals surface area contributed by atoms with Crippen molar-refractivity contribution in [3.05, 3.63) is 34.8 Å². The summed E-state index contributed by atoms with van der Waals surface area (Å²) in [4.78, 5) is 12.3. The first-order valence-electron chi connectivity index (χ1n) is 6.65. The Bertz CT molecular complexity index is 810. The summed E-state index contributed by atoms with van der Waals surface area (Å²) in [6.07, 6.45) is 0. The van der Waals surface area contributed by atoms with E-state index in [9.17, 15) is 4.79 Å². The van der Waals surface area contributed by atoms with Crippen LogP contribution in [0.5, 0.6) is 0 Å². The van der Waals surface area contributed by atoms with Gasteiger partial charge in [0.15, 0.2) is 5.82 Å². The topological polar surface area (TPSA) is 98.5 Å². The SMILES string of the molecule is CCn1nnnc1-c1cccc(C(=O)Nc2nnc(C)s2)c1. The zero-order valence-corrected chi connectivity index (χ0v) is 12.8. The standard InChI is InChI=1S/C13H13N7OS/c1-3-20-11(16-18-19-20)9-5-4-6-10(7-9)12(21)14-13-17-15-8(2)22-13/h4-7H,3H2,1-2H3,(H,14,17,21). The van der Waals surface area contributed by atoms with Crippen LogP contribution in [0, 0.1) is 6.92 Å². The quantitative estimate of drug-likeness (QED) is 0.788. The first kappa shape index (κ1) is 14.3. The highest BCUT2D eigenvalue weighted by atomic mass is 32.1. The molecule has 22 heavy (non-hydrogen) atoms. The second kappa shape index (κ2) is 5.98. The van der Waals surface area contributed by atoms with E-state index in [2.05, 4.69) is 31.0 Å². The molecule has 0 saturated heterocycles. The number of rotatable bonds is 4. The molecule has 0 aliphatic carbocycles. The zero-order valence-electron chi connectivity index (χ0n) is 12.0. The average molecular weight is 315 g/mol. The highest BCUT2D eigenvalue weighted by Gasteiger charge is 2.13. The summed E-state index contributed by atoms with van der Waals surface area (Å²) < 4.78 is 1.67. The van der Waals surface area contributed by atoms with Gasteiger partial charge in [-0.1, -0.05) is 23.5 Å². The molecule has 3 aromatic rings. The van der Waals surface area contributed by atoms with Gasteiger partial charge in [-0.05, 0) is 36.4 Å². The van der Waals surface area contributed by atoms with Gasteiger partial charge in [0, 0.05) is 17.7 Å². The van der Waals surface area contributed by atoms with E-state index in [1.165, 1.54) is 11.3 Å². The zero-order chi connectivity index (χ0) is 15.5. The van der Waals surface area contributed by atoms with Gasteiger partial charge in [0.25, 0.3) is 5.91 Å². The Hall–Kier alpha value is -2.68. The Morgan fingerprint density at radius 3 is 2.91 bits per heavy atom. The number of hydrogen-bond acceptors (Lipinski definition) is 7. The van der Waals surface area contributed by atoms with Crippen molar-refractivity contribution in [3.63, 3.8) is 0 Å². The Kier molecular flexibility index (Phi) is 3.88. The molecule has 0 spiro atoms. The van der Waals surface area contributed by atoms with Crippen LogP contribution in [0.25, 0.3) is 11.4 Å². The third-order valence-electron chi connectivity index (χ3n) is 2.96. The number of tetrazole rings is 1. The van der Waals surface area contributed by atoms with Crippen molar-refractivity contribution in [1.82, 2.24) is 30.4 Å². The lowest BCUT2D eigenvalue weighted by molar-refractivity contribution is 0.102. The lowest BCUT2D eigenvalue weighted by Crippen LogP contribution is -2.12. The van der Waals surface area contributed by atoms with E-state index in [1.807, 2.05) is 19.9 Å². The van der Waals surface area contributed by atoms with E-state index in [0.29, 0.717) is 23.1 Å². The minimum Gasteiger partial charge on any atom is -0.296 e. The molecule has 1 amide bonds. The van der Waals surface area contributed by atoms with Gasteiger partial charge < -0.3 is 0 Å². The second-order valence-corrected chi connectivity index (χ2v) is 5.66. The van der Waals surface area contributed by atoms with Gasteiger partial charge in [-0.15, -0.1) is 15.3 Å². The number of nitrogens with zero attached hydrogens (tertiary/aromatic N) is 6. The Morgan fingerprint density at radius 2 is 2.18 bits per heavy atom. The fourth-order valence-electron chi connectivity index (χ4n) is 1.94. The molecule has 0 bridgehead atoms. The number of aryl methyl sites for hydroxylation is 2. The summed E-state index contributed by atoms with van der Waals surface area (Å²) in [5.41, 5.74) is 1.30. The van der Waals surface area contributed by atoms with Crippen molar-refractivity contribution in [2.75, 3.05) is 5.32 Å². The van der Waals surface area contributed by atoms with E-state index >= 15 is 0 Å². The molecule has 0 radical (unpaired) electrons. The highest BCUT2D eigenvalue weighted by molar-refractivity contribution is 7.15. The molecule has 3 rings (SSSR count). The molecule has 2 aromatic heterocycles. The Labute approximate surface area is 130 Å². The molecular weight excluding hydrogens is 302 g/mol. The van der Waals surface area contributed by atoms with Gasteiger partial charge in [0.2, 0.25) is 5.13 Å². The molecule has 0 unspecified atom stereocenters. The predicted octanol–water partition coefficient (Wildman–Crippen LogP) is 1.77. The predicted molar refractivity (Wildman–Crippen MR) is 81.5 cm³/mol. The lowest BCUT2D eigenvalue weighted by Gasteiger charge is -2.05. The van der Waals surface area contributed by atoms with Crippen molar-refractivity contribution in [2.24, 2.45) is 0 Å². The minimum absolute atomic E-state index is 0.242. The van der Waals surface area contributed by atoms with Crippen LogP contribution in [0.2, 0.25) is 0 Å². The van der Waals surface area contributed by atoms with Gasteiger partial charge in [-0.2, -0.15) is 0 Å².